The second-order valence-electron chi connectivity index (χ2n) is 3.11. The first-order chi connectivity index (χ1) is 6.70. The molecule has 4 heteroatoms. The first-order valence-electron chi connectivity index (χ1n) is 4.27. The highest BCUT2D eigenvalue weighted by Crippen LogP contribution is 2.23. The maximum atomic E-state index is 5.49. The van der Waals surface area contributed by atoms with Crippen molar-refractivity contribution in [2.45, 2.75) is 6.92 Å². The summed E-state index contributed by atoms with van der Waals surface area (Å²) in [5.74, 6) is 1.10. The standard InChI is InChI=1S/C10H11N3O/c1-6-3-7-5-12-10(11)13-8(7)4-9(6)14-2/h3-5H,1-2H3,(H2,11,12,13). The molecule has 0 radical (unpaired) electrons. The van der Waals surface area contributed by atoms with E-state index in [0.29, 0.717) is 0 Å². The molecule has 0 saturated heterocycles. The Morgan fingerprint density at radius 3 is 2.86 bits per heavy atom. The fourth-order valence-corrected chi connectivity index (χ4v) is 1.41. The van der Waals surface area contributed by atoms with Gasteiger partial charge in [0.15, 0.2) is 0 Å². The largest absolute Gasteiger partial charge is 0.496 e. The van der Waals surface area contributed by atoms with Crippen molar-refractivity contribution in [1.82, 2.24) is 9.97 Å². The number of methoxy groups -OCH3 is 1. The molecule has 0 aliphatic heterocycles. The molecule has 0 fully saturated rings. The summed E-state index contributed by atoms with van der Waals surface area (Å²) in [5, 5.41) is 0.970. The highest BCUT2D eigenvalue weighted by molar-refractivity contribution is 5.81. The first kappa shape index (κ1) is 8.74. The van der Waals surface area contributed by atoms with Gasteiger partial charge in [-0.2, -0.15) is 0 Å². The molecule has 1 aromatic carbocycles. The van der Waals surface area contributed by atoms with Gasteiger partial charge in [0, 0.05) is 17.6 Å². The Morgan fingerprint density at radius 1 is 1.36 bits per heavy atom. The van der Waals surface area contributed by atoms with Crippen LogP contribution in [0.5, 0.6) is 5.75 Å². The summed E-state index contributed by atoms with van der Waals surface area (Å²) in [6, 6.07) is 3.84. The van der Waals surface area contributed by atoms with Gasteiger partial charge in [-0.3, -0.25) is 0 Å². The van der Waals surface area contributed by atoms with Gasteiger partial charge in [-0.1, -0.05) is 0 Å². The maximum absolute atomic E-state index is 5.49. The third-order valence-corrected chi connectivity index (χ3v) is 2.12. The van der Waals surface area contributed by atoms with Gasteiger partial charge in [-0.25, -0.2) is 9.97 Å². The molecule has 0 unspecified atom stereocenters. The van der Waals surface area contributed by atoms with Crippen molar-refractivity contribution in [2.75, 3.05) is 12.8 Å². The van der Waals surface area contributed by atoms with Gasteiger partial charge in [0.1, 0.15) is 5.75 Å². The number of benzene rings is 1. The van der Waals surface area contributed by atoms with Crippen LogP contribution in [0.2, 0.25) is 0 Å². The van der Waals surface area contributed by atoms with Crippen molar-refractivity contribution in [3.05, 3.63) is 23.9 Å². The minimum atomic E-state index is 0.281. The van der Waals surface area contributed by atoms with Crippen LogP contribution >= 0.6 is 0 Å². The van der Waals surface area contributed by atoms with Gasteiger partial charge in [0.25, 0.3) is 0 Å². The van der Waals surface area contributed by atoms with Crippen molar-refractivity contribution >= 4 is 16.9 Å². The zero-order valence-electron chi connectivity index (χ0n) is 8.11. The van der Waals surface area contributed by atoms with E-state index in [1.165, 1.54) is 0 Å². The molecule has 0 aliphatic carbocycles. The van der Waals surface area contributed by atoms with Crippen molar-refractivity contribution in [3.63, 3.8) is 0 Å². The number of rotatable bonds is 1. The highest BCUT2D eigenvalue weighted by atomic mass is 16.5. The van der Waals surface area contributed by atoms with Gasteiger partial charge in [0.2, 0.25) is 5.95 Å². The molecule has 0 amide bonds. The number of fused-ring (bicyclic) bond motifs is 1. The minimum absolute atomic E-state index is 0.281. The van der Waals surface area contributed by atoms with Crippen LogP contribution in [-0.4, -0.2) is 17.1 Å². The Hall–Kier alpha value is -1.84. The van der Waals surface area contributed by atoms with Crippen molar-refractivity contribution in [3.8, 4) is 5.75 Å². The second kappa shape index (κ2) is 3.14. The van der Waals surface area contributed by atoms with E-state index in [-0.39, 0.29) is 5.95 Å². The molecule has 2 N–H and O–H groups in total. The smallest absolute Gasteiger partial charge is 0.220 e. The third-order valence-electron chi connectivity index (χ3n) is 2.12. The second-order valence-corrected chi connectivity index (χ2v) is 3.11. The lowest BCUT2D eigenvalue weighted by Crippen LogP contribution is -1.95. The van der Waals surface area contributed by atoms with E-state index in [9.17, 15) is 0 Å². The van der Waals surface area contributed by atoms with Crippen LogP contribution < -0.4 is 10.5 Å². The van der Waals surface area contributed by atoms with Crippen LogP contribution in [0.4, 0.5) is 5.95 Å². The maximum Gasteiger partial charge on any atom is 0.220 e. The van der Waals surface area contributed by atoms with Crippen molar-refractivity contribution in [2.24, 2.45) is 0 Å². The molecule has 0 saturated carbocycles. The van der Waals surface area contributed by atoms with Crippen molar-refractivity contribution < 1.29 is 4.74 Å². The molecule has 0 atom stereocenters. The van der Waals surface area contributed by atoms with Gasteiger partial charge >= 0.3 is 0 Å². The van der Waals surface area contributed by atoms with Crippen molar-refractivity contribution in [1.29, 1.82) is 0 Å². The summed E-state index contributed by atoms with van der Waals surface area (Å²) in [6.07, 6.45) is 1.71. The molecule has 1 aromatic heterocycles. The Morgan fingerprint density at radius 2 is 2.14 bits per heavy atom. The number of nitrogens with zero attached hydrogens (tertiary/aromatic N) is 2. The molecule has 0 aliphatic rings. The van der Waals surface area contributed by atoms with Gasteiger partial charge < -0.3 is 10.5 Å². The zero-order valence-corrected chi connectivity index (χ0v) is 8.11. The average Bonchev–Trinajstić information content (AvgIpc) is 2.17. The summed E-state index contributed by atoms with van der Waals surface area (Å²) in [6.45, 7) is 1.98. The molecule has 4 nitrogen and oxygen atoms in total. The van der Waals surface area contributed by atoms with E-state index >= 15 is 0 Å². The molecule has 0 bridgehead atoms. The Labute approximate surface area is 81.7 Å². The lowest BCUT2D eigenvalue weighted by Gasteiger charge is -2.05. The summed E-state index contributed by atoms with van der Waals surface area (Å²) in [7, 11) is 1.64. The summed E-state index contributed by atoms with van der Waals surface area (Å²) < 4.78 is 5.19. The normalized spacial score (nSPS) is 10.4. The van der Waals surface area contributed by atoms with E-state index in [4.69, 9.17) is 10.5 Å². The quantitative estimate of drug-likeness (QED) is 0.739. The Kier molecular flexibility index (Phi) is 1.96. The molecule has 2 aromatic rings. The minimum Gasteiger partial charge on any atom is -0.496 e. The van der Waals surface area contributed by atoms with Crippen LogP contribution in [0.3, 0.4) is 0 Å². The van der Waals surface area contributed by atoms with Crippen LogP contribution in [0, 0.1) is 6.92 Å². The highest BCUT2D eigenvalue weighted by Gasteiger charge is 2.03. The molecule has 2 rings (SSSR count). The Balaban J connectivity index is 2.73. The average molecular weight is 189 g/mol. The molecule has 1 heterocycles. The zero-order chi connectivity index (χ0) is 10.1. The van der Waals surface area contributed by atoms with E-state index in [1.54, 1.807) is 13.3 Å². The number of nitrogen functional groups attached to an aromatic ring is 1. The number of aromatic nitrogens is 2. The summed E-state index contributed by atoms with van der Waals surface area (Å²) in [4.78, 5) is 8.04. The Bertz CT molecular complexity index is 482. The number of hydrogen-bond acceptors (Lipinski definition) is 4. The molecule has 0 spiro atoms. The van der Waals surface area contributed by atoms with Gasteiger partial charge in [-0.15, -0.1) is 0 Å². The fourth-order valence-electron chi connectivity index (χ4n) is 1.41. The third kappa shape index (κ3) is 1.35. The number of nitrogens with two attached hydrogens (primary N) is 1. The van der Waals surface area contributed by atoms with E-state index < -0.39 is 0 Å². The lowest BCUT2D eigenvalue weighted by molar-refractivity contribution is 0.412. The number of aryl methyl sites for hydroxylation is 1. The van der Waals surface area contributed by atoms with Crippen LogP contribution in [0.15, 0.2) is 18.3 Å². The monoisotopic (exact) mass is 189 g/mol. The summed E-state index contributed by atoms with van der Waals surface area (Å²) >= 11 is 0. The lowest BCUT2D eigenvalue weighted by atomic mass is 10.1. The van der Waals surface area contributed by atoms with E-state index in [0.717, 1.165) is 22.2 Å². The van der Waals surface area contributed by atoms with Gasteiger partial charge in [-0.05, 0) is 18.6 Å². The van der Waals surface area contributed by atoms with Crippen LogP contribution in [-0.2, 0) is 0 Å². The number of anilines is 1. The predicted octanol–water partition coefficient (Wildman–Crippen LogP) is 1.53. The SMILES string of the molecule is COc1cc2nc(N)ncc2cc1C. The first-order valence-corrected chi connectivity index (χ1v) is 4.27. The topological polar surface area (TPSA) is 61.0 Å². The van der Waals surface area contributed by atoms with E-state index in [2.05, 4.69) is 9.97 Å². The van der Waals surface area contributed by atoms with E-state index in [1.807, 2.05) is 19.1 Å². The number of ether oxygens (including phenoxy) is 1. The molecular formula is C10H11N3O. The van der Waals surface area contributed by atoms with Crippen LogP contribution in [0.1, 0.15) is 5.56 Å². The number of hydrogen-bond donors (Lipinski definition) is 1. The molecule has 72 valence electrons. The molecule has 14 heavy (non-hydrogen) atoms. The molecular weight excluding hydrogens is 178 g/mol. The van der Waals surface area contributed by atoms with Crippen LogP contribution in [0.25, 0.3) is 10.9 Å². The fraction of sp³-hybridized carbons (Fsp3) is 0.200. The summed E-state index contributed by atoms with van der Waals surface area (Å²) in [5.41, 5.74) is 7.36. The predicted molar refractivity (Wildman–Crippen MR) is 55.2 cm³/mol. The van der Waals surface area contributed by atoms with Gasteiger partial charge in [0.05, 0.1) is 12.6 Å².